The van der Waals surface area contributed by atoms with Crippen molar-refractivity contribution in [2.24, 2.45) is 0 Å². The average Bonchev–Trinajstić information content (AvgIpc) is 3.11. The van der Waals surface area contributed by atoms with Crippen LogP contribution >= 0.6 is 11.6 Å². The molecule has 1 aliphatic carbocycles. The fraction of sp³-hybridized carbons (Fsp3) is 0.304. The molecule has 1 saturated carbocycles. The highest BCUT2D eigenvalue weighted by Crippen LogP contribution is 2.30. The maximum absolute atomic E-state index is 12.8. The molecule has 0 aliphatic heterocycles. The smallest absolute Gasteiger partial charge is 0.170 e. The van der Waals surface area contributed by atoms with E-state index in [1.54, 1.807) is 29.2 Å². The molecule has 0 radical (unpaired) electrons. The number of nitrogens with zero attached hydrogens (tertiary/aromatic N) is 3. The molecule has 0 atom stereocenters. The molecule has 2 aromatic heterocycles. The summed E-state index contributed by atoms with van der Waals surface area (Å²) in [6, 6.07) is 11.3. The van der Waals surface area contributed by atoms with Crippen LogP contribution < -0.4 is 0 Å². The molecule has 4 rings (SSSR count). The maximum Gasteiger partial charge on any atom is 0.170 e. The Morgan fingerprint density at radius 1 is 1.10 bits per heavy atom. The number of pyridine rings is 1. The largest absolute Gasteiger partial charge is 0.300 e. The molecular weight excluding hydrogens is 386 g/mol. The van der Waals surface area contributed by atoms with Crippen LogP contribution in [-0.2, 0) is 11.2 Å². The van der Waals surface area contributed by atoms with Gasteiger partial charge in [0, 0.05) is 42.1 Å². The molecule has 148 valence electrons. The Morgan fingerprint density at radius 3 is 2.48 bits per heavy atom. The van der Waals surface area contributed by atoms with Gasteiger partial charge in [0.05, 0.1) is 23.1 Å². The summed E-state index contributed by atoms with van der Waals surface area (Å²) in [5.41, 5.74) is 4.16. The Hall–Kier alpha value is -2.79. The fourth-order valence-electron chi connectivity index (χ4n) is 3.82. The van der Waals surface area contributed by atoms with Crippen molar-refractivity contribution < 1.29 is 9.59 Å². The lowest BCUT2D eigenvalue weighted by molar-refractivity contribution is -0.120. The molecular formula is C23H22ClN3O2. The average molecular weight is 408 g/mol. The topological polar surface area (TPSA) is 64.8 Å². The van der Waals surface area contributed by atoms with E-state index in [0.717, 1.165) is 35.5 Å². The highest BCUT2D eigenvalue weighted by atomic mass is 35.5. The summed E-state index contributed by atoms with van der Waals surface area (Å²) >= 11 is 5.95. The van der Waals surface area contributed by atoms with Crippen LogP contribution in [0.25, 0.3) is 5.69 Å². The lowest BCUT2D eigenvalue weighted by Crippen LogP contribution is -2.13. The third-order valence-corrected chi connectivity index (χ3v) is 5.81. The van der Waals surface area contributed by atoms with E-state index < -0.39 is 0 Å². The second-order valence-corrected chi connectivity index (χ2v) is 7.97. The van der Waals surface area contributed by atoms with Crippen LogP contribution in [0.15, 0.2) is 48.8 Å². The monoisotopic (exact) mass is 407 g/mol. The molecule has 1 aromatic carbocycles. The molecule has 5 nitrogen and oxygen atoms in total. The molecule has 2 heterocycles. The normalized spacial score (nSPS) is 14.9. The van der Waals surface area contributed by atoms with E-state index in [1.807, 2.05) is 31.2 Å². The van der Waals surface area contributed by atoms with Gasteiger partial charge in [0.1, 0.15) is 5.78 Å². The molecule has 0 saturated heterocycles. The first kappa shape index (κ1) is 19.5. The van der Waals surface area contributed by atoms with E-state index >= 15 is 0 Å². The molecule has 0 bridgehead atoms. The number of carbonyl (C=O) groups is 2. The number of halogens is 1. The zero-order chi connectivity index (χ0) is 20.4. The van der Waals surface area contributed by atoms with Gasteiger partial charge in [0.2, 0.25) is 0 Å². The zero-order valence-corrected chi connectivity index (χ0v) is 17.0. The SMILES string of the molecule is Cc1c(C(=O)Cc2ccc(C3CCC(=O)CC3)nc2)cnn1-c1ccc(Cl)cc1. The van der Waals surface area contributed by atoms with Crippen LogP contribution in [0.2, 0.25) is 5.02 Å². The first-order valence-corrected chi connectivity index (χ1v) is 10.2. The molecule has 3 aromatic rings. The lowest BCUT2D eigenvalue weighted by atomic mass is 9.86. The van der Waals surface area contributed by atoms with Gasteiger partial charge in [0.15, 0.2) is 5.78 Å². The highest BCUT2D eigenvalue weighted by Gasteiger charge is 2.21. The van der Waals surface area contributed by atoms with Gasteiger partial charge >= 0.3 is 0 Å². The van der Waals surface area contributed by atoms with Gasteiger partial charge in [-0.1, -0.05) is 17.7 Å². The maximum atomic E-state index is 12.8. The standard InChI is InChI=1S/C23H22ClN3O2/c1-15-21(14-26-27(15)19-7-5-18(24)6-8-19)23(29)12-16-2-11-22(25-13-16)17-3-9-20(28)10-4-17/h2,5-8,11,13-14,17H,3-4,9-10,12H2,1H3. The van der Waals surface area contributed by atoms with Crippen molar-refractivity contribution in [3.63, 3.8) is 0 Å². The van der Waals surface area contributed by atoms with Gasteiger partial charge in [-0.15, -0.1) is 0 Å². The third kappa shape index (κ3) is 4.30. The van der Waals surface area contributed by atoms with Gasteiger partial charge in [0.25, 0.3) is 0 Å². The second-order valence-electron chi connectivity index (χ2n) is 7.54. The number of benzene rings is 1. The number of hydrogen-bond donors (Lipinski definition) is 0. The van der Waals surface area contributed by atoms with Crippen molar-refractivity contribution in [2.75, 3.05) is 0 Å². The van der Waals surface area contributed by atoms with E-state index in [1.165, 1.54) is 0 Å². The van der Waals surface area contributed by atoms with Gasteiger partial charge in [-0.3, -0.25) is 14.6 Å². The zero-order valence-electron chi connectivity index (χ0n) is 16.3. The van der Waals surface area contributed by atoms with Crippen molar-refractivity contribution >= 4 is 23.2 Å². The Labute approximate surface area is 174 Å². The van der Waals surface area contributed by atoms with Crippen molar-refractivity contribution in [3.8, 4) is 5.69 Å². The van der Waals surface area contributed by atoms with Crippen LogP contribution in [0.5, 0.6) is 0 Å². The second kappa shape index (κ2) is 8.29. The number of carbonyl (C=O) groups excluding carboxylic acids is 2. The number of rotatable bonds is 5. The van der Waals surface area contributed by atoms with Crippen LogP contribution in [0, 0.1) is 6.92 Å². The summed E-state index contributed by atoms with van der Waals surface area (Å²) in [4.78, 5) is 28.8. The highest BCUT2D eigenvalue weighted by molar-refractivity contribution is 6.30. The minimum absolute atomic E-state index is 0.0144. The molecule has 6 heteroatoms. The number of ketones is 2. The van der Waals surface area contributed by atoms with Crippen molar-refractivity contribution in [1.82, 2.24) is 14.8 Å². The van der Waals surface area contributed by atoms with Gasteiger partial charge < -0.3 is 0 Å². The third-order valence-electron chi connectivity index (χ3n) is 5.56. The summed E-state index contributed by atoms with van der Waals surface area (Å²) in [7, 11) is 0. The van der Waals surface area contributed by atoms with Crippen LogP contribution in [0.1, 0.15) is 58.9 Å². The molecule has 0 N–H and O–H groups in total. The summed E-state index contributed by atoms with van der Waals surface area (Å²) in [6.07, 6.45) is 6.70. The van der Waals surface area contributed by atoms with Crippen molar-refractivity contribution in [1.29, 1.82) is 0 Å². The van der Waals surface area contributed by atoms with Gasteiger partial charge in [-0.25, -0.2) is 4.68 Å². The minimum Gasteiger partial charge on any atom is -0.300 e. The van der Waals surface area contributed by atoms with Crippen molar-refractivity contribution in [2.45, 2.75) is 44.9 Å². The molecule has 1 fully saturated rings. The van der Waals surface area contributed by atoms with Crippen LogP contribution in [-0.4, -0.2) is 26.3 Å². The van der Waals surface area contributed by atoms with Crippen LogP contribution in [0.3, 0.4) is 0 Å². The summed E-state index contributed by atoms with van der Waals surface area (Å²) < 4.78 is 1.75. The van der Waals surface area contributed by atoms with E-state index in [2.05, 4.69) is 10.1 Å². The Morgan fingerprint density at radius 2 is 1.83 bits per heavy atom. The minimum atomic E-state index is 0.0144. The van der Waals surface area contributed by atoms with E-state index in [9.17, 15) is 9.59 Å². The first-order chi connectivity index (χ1) is 14.0. The Bertz CT molecular complexity index is 1030. The number of Topliss-reactive ketones (excluding diaryl/α,β-unsaturated/α-hetero) is 2. The molecule has 1 aliphatic rings. The quantitative estimate of drug-likeness (QED) is 0.565. The van der Waals surface area contributed by atoms with Gasteiger partial charge in [-0.2, -0.15) is 5.10 Å². The Balaban J connectivity index is 1.45. The predicted molar refractivity (Wildman–Crippen MR) is 112 cm³/mol. The molecule has 0 unspecified atom stereocenters. The van der Waals surface area contributed by atoms with Crippen LogP contribution in [0.4, 0.5) is 0 Å². The molecule has 0 spiro atoms. The fourth-order valence-corrected chi connectivity index (χ4v) is 3.95. The number of hydrogen-bond acceptors (Lipinski definition) is 4. The number of aromatic nitrogens is 3. The van der Waals surface area contributed by atoms with E-state index in [0.29, 0.717) is 35.1 Å². The van der Waals surface area contributed by atoms with E-state index in [4.69, 9.17) is 11.6 Å². The van der Waals surface area contributed by atoms with E-state index in [-0.39, 0.29) is 12.2 Å². The first-order valence-electron chi connectivity index (χ1n) is 9.81. The summed E-state index contributed by atoms with van der Waals surface area (Å²) in [5.74, 6) is 0.704. The summed E-state index contributed by atoms with van der Waals surface area (Å²) in [5, 5.41) is 5.03. The summed E-state index contributed by atoms with van der Waals surface area (Å²) in [6.45, 7) is 1.89. The Kier molecular flexibility index (Phi) is 5.58. The molecule has 29 heavy (non-hydrogen) atoms. The van der Waals surface area contributed by atoms with Crippen molar-refractivity contribution in [3.05, 3.63) is 76.3 Å². The predicted octanol–water partition coefficient (Wildman–Crippen LogP) is 4.88. The van der Waals surface area contributed by atoms with Gasteiger partial charge in [-0.05, 0) is 55.7 Å². The molecule has 0 amide bonds. The lowest BCUT2D eigenvalue weighted by Gasteiger charge is -2.20.